The molecule has 3 rings (SSSR count). The molecule has 0 saturated carbocycles. The molecule has 0 aliphatic heterocycles. The highest BCUT2D eigenvalue weighted by Crippen LogP contribution is 2.32. The van der Waals surface area contributed by atoms with Gasteiger partial charge in [-0.1, -0.05) is 42.5 Å². The van der Waals surface area contributed by atoms with Crippen molar-refractivity contribution in [3.63, 3.8) is 0 Å². The Bertz CT molecular complexity index is 956. The molecule has 1 heterocycles. The third-order valence-corrected chi connectivity index (χ3v) is 3.99. The number of benzene rings is 2. The van der Waals surface area contributed by atoms with Crippen LogP contribution in [0.25, 0.3) is 11.1 Å². The Kier molecular flexibility index (Phi) is 4.16. The highest BCUT2D eigenvalue weighted by Gasteiger charge is 2.32. The highest BCUT2D eigenvalue weighted by molar-refractivity contribution is 5.72. The third-order valence-electron chi connectivity index (χ3n) is 3.99. The smallest absolute Gasteiger partial charge is 0.383 e. The molecule has 0 bridgehead atoms. The summed E-state index contributed by atoms with van der Waals surface area (Å²) in [5.41, 5.74) is 6.27. The van der Waals surface area contributed by atoms with Gasteiger partial charge in [-0.05, 0) is 29.7 Å². The van der Waals surface area contributed by atoms with E-state index in [0.717, 1.165) is 6.07 Å². The van der Waals surface area contributed by atoms with E-state index in [2.05, 4.69) is 5.10 Å². The molecule has 3 aromatic rings. The number of nitrogen functional groups attached to an aromatic ring is 1. The van der Waals surface area contributed by atoms with Crippen molar-refractivity contribution in [3.05, 3.63) is 75.6 Å². The number of anilines is 1. The van der Waals surface area contributed by atoms with Crippen LogP contribution in [0.3, 0.4) is 0 Å². The number of aromatic amines is 1. The molecule has 0 amide bonds. The number of nitrogens with zero attached hydrogens (tertiary/aromatic N) is 1. The van der Waals surface area contributed by atoms with E-state index in [1.54, 1.807) is 30.3 Å². The zero-order valence-corrected chi connectivity index (χ0v) is 13.4. The average molecular weight is 347 g/mol. The summed E-state index contributed by atoms with van der Waals surface area (Å²) in [6.45, 7) is 1.37. The van der Waals surface area contributed by atoms with Crippen LogP contribution in [0.4, 0.5) is 19.0 Å². The third kappa shape index (κ3) is 3.31. The summed E-state index contributed by atoms with van der Waals surface area (Å²) in [6, 6.07) is 12.9. The fourth-order valence-corrected chi connectivity index (χ4v) is 2.75. The van der Waals surface area contributed by atoms with Crippen molar-refractivity contribution in [2.24, 2.45) is 0 Å². The Morgan fingerprint density at radius 1 is 1.12 bits per heavy atom. The molecule has 0 radical (unpaired) electrons. The molecule has 0 aliphatic carbocycles. The first kappa shape index (κ1) is 16.9. The molecule has 4 nitrogen and oxygen atoms in total. The number of rotatable bonds is 3. The Morgan fingerprint density at radius 3 is 2.44 bits per heavy atom. The van der Waals surface area contributed by atoms with Crippen LogP contribution in [0.1, 0.15) is 16.7 Å². The summed E-state index contributed by atoms with van der Waals surface area (Å²) >= 11 is 0. The molecule has 0 atom stereocenters. The summed E-state index contributed by atoms with van der Waals surface area (Å²) in [6.07, 6.45) is -4.44. The summed E-state index contributed by atoms with van der Waals surface area (Å²) in [5, 5.41) is 2.73. The van der Waals surface area contributed by atoms with Gasteiger partial charge < -0.3 is 5.73 Å². The lowest BCUT2D eigenvalue weighted by atomic mass is 10.0. The molecule has 0 aliphatic rings. The fourth-order valence-electron chi connectivity index (χ4n) is 2.75. The summed E-state index contributed by atoms with van der Waals surface area (Å²) in [4.78, 5) is 12.6. The van der Waals surface area contributed by atoms with Crippen molar-refractivity contribution in [3.8, 4) is 11.1 Å². The first-order valence-corrected chi connectivity index (χ1v) is 7.58. The maximum Gasteiger partial charge on any atom is 0.416 e. The van der Waals surface area contributed by atoms with Crippen LogP contribution >= 0.6 is 0 Å². The summed E-state index contributed by atoms with van der Waals surface area (Å²) in [5.74, 6) is 0.180. The van der Waals surface area contributed by atoms with Crippen molar-refractivity contribution >= 4 is 5.82 Å². The number of hydrogen-bond donors (Lipinski definition) is 2. The van der Waals surface area contributed by atoms with Crippen LogP contribution in [-0.2, 0) is 12.7 Å². The maximum atomic E-state index is 13.0. The molecule has 130 valence electrons. The van der Waals surface area contributed by atoms with Gasteiger partial charge in [-0.25, -0.2) is 4.68 Å². The molecular formula is C18H16F3N3O. The molecule has 0 saturated heterocycles. The van der Waals surface area contributed by atoms with Gasteiger partial charge >= 0.3 is 6.18 Å². The number of hydrogen-bond acceptors (Lipinski definition) is 2. The van der Waals surface area contributed by atoms with E-state index in [9.17, 15) is 18.0 Å². The second kappa shape index (κ2) is 6.16. The lowest BCUT2D eigenvalue weighted by Gasteiger charge is -2.12. The van der Waals surface area contributed by atoms with E-state index in [4.69, 9.17) is 5.73 Å². The van der Waals surface area contributed by atoms with Crippen molar-refractivity contribution in [2.75, 3.05) is 5.73 Å². The SMILES string of the molecule is Cc1ccc(Cn2[nH]c(N)c(-c3ccccc3)c2=O)cc1C(F)(F)F. The number of aromatic nitrogens is 2. The van der Waals surface area contributed by atoms with Crippen LogP contribution in [-0.4, -0.2) is 9.78 Å². The predicted octanol–water partition coefficient (Wildman–Crippen LogP) is 3.80. The molecule has 2 aromatic carbocycles. The van der Waals surface area contributed by atoms with E-state index in [1.165, 1.54) is 17.7 Å². The normalized spacial score (nSPS) is 11.7. The Morgan fingerprint density at radius 2 is 1.80 bits per heavy atom. The van der Waals surface area contributed by atoms with Gasteiger partial charge in [0.15, 0.2) is 0 Å². The monoisotopic (exact) mass is 347 g/mol. The lowest BCUT2D eigenvalue weighted by Crippen LogP contribution is -2.19. The van der Waals surface area contributed by atoms with Gasteiger partial charge in [-0.2, -0.15) is 13.2 Å². The lowest BCUT2D eigenvalue weighted by molar-refractivity contribution is -0.138. The van der Waals surface area contributed by atoms with Crippen molar-refractivity contribution in [2.45, 2.75) is 19.6 Å². The number of nitrogens with one attached hydrogen (secondary N) is 1. The molecule has 0 fully saturated rings. The summed E-state index contributed by atoms with van der Waals surface area (Å²) in [7, 11) is 0. The van der Waals surface area contributed by atoms with Crippen molar-refractivity contribution in [1.29, 1.82) is 0 Å². The molecule has 0 spiro atoms. The number of halogens is 3. The number of H-pyrrole nitrogens is 1. The van der Waals surface area contributed by atoms with Crippen LogP contribution in [0.15, 0.2) is 53.3 Å². The van der Waals surface area contributed by atoms with Crippen molar-refractivity contribution in [1.82, 2.24) is 9.78 Å². The van der Waals surface area contributed by atoms with Crippen LogP contribution < -0.4 is 11.3 Å². The quantitative estimate of drug-likeness (QED) is 0.757. The predicted molar refractivity (Wildman–Crippen MR) is 90.2 cm³/mol. The van der Waals surface area contributed by atoms with Crippen LogP contribution in [0.2, 0.25) is 0 Å². The van der Waals surface area contributed by atoms with Gasteiger partial charge in [0.25, 0.3) is 5.56 Å². The molecular weight excluding hydrogens is 331 g/mol. The molecule has 1 aromatic heterocycles. The molecule has 25 heavy (non-hydrogen) atoms. The van der Waals surface area contributed by atoms with Gasteiger partial charge in [-0.15, -0.1) is 0 Å². The van der Waals surface area contributed by atoms with E-state index in [1.807, 2.05) is 6.07 Å². The number of alkyl halides is 3. The van der Waals surface area contributed by atoms with E-state index in [0.29, 0.717) is 16.7 Å². The summed E-state index contributed by atoms with van der Waals surface area (Å²) < 4.78 is 40.3. The van der Waals surface area contributed by atoms with Gasteiger partial charge in [0.05, 0.1) is 17.7 Å². The van der Waals surface area contributed by atoms with Crippen LogP contribution in [0.5, 0.6) is 0 Å². The standard InChI is InChI=1S/C18H16F3N3O/c1-11-7-8-12(9-14(11)18(19,20)21)10-24-17(25)15(16(22)23-24)13-5-3-2-4-6-13/h2-9,23H,10,22H2,1H3. The topological polar surface area (TPSA) is 63.8 Å². The highest BCUT2D eigenvalue weighted by atomic mass is 19.4. The first-order chi connectivity index (χ1) is 11.8. The minimum Gasteiger partial charge on any atom is -0.383 e. The number of nitrogens with two attached hydrogens (primary N) is 1. The van der Waals surface area contributed by atoms with Crippen LogP contribution in [0, 0.1) is 6.92 Å². The Balaban J connectivity index is 1.99. The van der Waals surface area contributed by atoms with E-state index < -0.39 is 11.7 Å². The molecule has 3 N–H and O–H groups in total. The van der Waals surface area contributed by atoms with E-state index in [-0.39, 0.29) is 23.5 Å². The second-order valence-corrected chi connectivity index (χ2v) is 5.80. The second-order valence-electron chi connectivity index (χ2n) is 5.80. The maximum absolute atomic E-state index is 13.0. The average Bonchev–Trinajstić information content (AvgIpc) is 2.83. The molecule has 7 heteroatoms. The Hall–Kier alpha value is -2.96. The van der Waals surface area contributed by atoms with Gasteiger partial charge in [0, 0.05) is 0 Å². The minimum atomic E-state index is -4.44. The van der Waals surface area contributed by atoms with Crippen molar-refractivity contribution < 1.29 is 13.2 Å². The van der Waals surface area contributed by atoms with Gasteiger partial charge in [0.2, 0.25) is 0 Å². The Labute approximate surface area is 141 Å². The van der Waals surface area contributed by atoms with Gasteiger partial charge in [0.1, 0.15) is 5.82 Å². The molecule has 0 unspecified atom stereocenters. The zero-order chi connectivity index (χ0) is 18.2. The van der Waals surface area contributed by atoms with Gasteiger partial charge in [-0.3, -0.25) is 9.89 Å². The largest absolute Gasteiger partial charge is 0.416 e. The number of aryl methyl sites for hydroxylation is 1. The zero-order valence-electron chi connectivity index (χ0n) is 13.4. The van der Waals surface area contributed by atoms with E-state index >= 15 is 0 Å². The first-order valence-electron chi connectivity index (χ1n) is 7.58. The minimum absolute atomic E-state index is 0.0285. The fraction of sp³-hybridized carbons (Fsp3) is 0.167.